The number of fused-ring (bicyclic) bond motifs is 3. The van der Waals surface area contributed by atoms with Gasteiger partial charge in [-0.15, -0.1) is 0 Å². The van der Waals surface area contributed by atoms with Gasteiger partial charge in [0.1, 0.15) is 31.5 Å². The van der Waals surface area contributed by atoms with Gasteiger partial charge in [0.25, 0.3) is 5.82 Å². The Labute approximate surface area is 122 Å². The Bertz CT molecular complexity index is 652. The highest BCUT2D eigenvalue weighted by atomic mass is 35.5. The third kappa shape index (κ3) is 1.79. The van der Waals surface area contributed by atoms with Crippen LogP contribution < -0.4 is 4.57 Å². The first kappa shape index (κ1) is 12.4. The van der Waals surface area contributed by atoms with Gasteiger partial charge in [0.15, 0.2) is 0 Å². The first-order valence-corrected chi connectivity index (χ1v) is 7.15. The summed E-state index contributed by atoms with van der Waals surface area (Å²) in [7, 11) is 2.06. The maximum Gasteiger partial charge on any atom is 0.262 e. The summed E-state index contributed by atoms with van der Waals surface area (Å²) < 4.78 is 16.7. The Balaban J connectivity index is 1.81. The van der Waals surface area contributed by atoms with Gasteiger partial charge in [0.05, 0.1) is 13.7 Å². The summed E-state index contributed by atoms with van der Waals surface area (Å²) in [5, 5.41) is 0.724. The fourth-order valence-electron chi connectivity index (χ4n) is 3.08. The van der Waals surface area contributed by atoms with Crippen molar-refractivity contribution in [2.24, 2.45) is 7.05 Å². The minimum Gasteiger partial charge on any atom is -0.342 e. The molecule has 0 N–H and O–H groups in total. The molecule has 4 rings (SSSR count). The molecule has 1 aromatic carbocycles. The molecule has 1 unspecified atom stereocenters. The van der Waals surface area contributed by atoms with Gasteiger partial charge in [0.2, 0.25) is 5.79 Å². The van der Waals surface area contributed by atoms with Gasteiger partial charge < -0.3 is 9.47 Å². The van der Waals surface area contributed by atoms with Crippen molar-refractivity contribution in [3.8, 4) is 0 Å². The summed E-state index contributed by atoms with van der Waals surface area (Å²) in [4.78, 5) is 0. The SMILES string of the molecule is C[n+]1ccn2c1C[C@@]1(c3ccc(Cl)cc3)OCC(C2)O1. The van der Waals surface area contributed by atoms with Crippen LogP contribution in [0.3, 0.4) is 0 Å². The number of aryl methyl sites for hydroxylation is 1. The van der Waals surface area contributed by atoms with Crippen molar-refractivity contribution in [3.63, 3.8) is 0 Å². The van der Waals surface area contributed by atoms with Crippen LogP contribution in [-0.4, -0.2) is 17.3 Å². The Morgan fingerprint density at radius 1 is 1.35 bits per heavy atom. The fraction of sp³-hybridized carbons (Fsp3) is 0.400. The average molecular weight is 292 g/mol. The lowest BCUT2D eigenvalue weighted by Gasteiger charge is -2.26. The molecule has 0 spiro atoms. The lowest BCUT2D eigenvalue weighted by atomic mass is 10.0. The highest BCUT2D eigenvalue weighted by Gasteiger charge is 2.49. The molecule has 2 aliphatic rings. The second-order valence-electron chi connectivity index (χ2n) is 5.47. The van der Waals surface area contributed by atoms with E-state index in [2.05, 4.69) is 28.6 Å². The lowest BCUT2D eigenvalue weighted by Crippen LogP contribution is -2.39. The third-order valence-electron chi connectivity index (χ3n) is 4.14. The summed E-state index contributed by atoms with van der Waals surface area (Å²) in [6, 6.07) is 7.75. The zero-order chi connectivity index (χ0) is 13.7. The van der Waals surface area contributed by atoms with Crippen LogP contribution >= 0.6 is 11.6 Å². The number of aromatic nitrogens is 2. The number of imidazole rings is 1. The van der Waals surface area contributed by atoms with Crippen LogP contribution in [0.25, 0.3) is 0 Å². The van der Waals surface area contributed by atoms with E-state index in [4.69, 9.17) is 21.1 Å². The van der Waals surface area contributed by atoms with Crippen molar-refractivity contribution < 1.29 is 14.0 Å². The predicted molar refractivity (Wildman–Crippen MR) is 73.3 cm³/mol. The summed E-state index contributed by atoms with van der Waals surface area (Å²) in [5.74, 6) is 0.529. The zero-order valence-corrected chi connectivity index (χ0v) is 12.0. The number of benzene rings is 1. The summed E-state index contributed by atoms with van der Waals surface area (Å²) in [6.07, 6.45) is 4.98. The minimum absolute atomic E-state index is 0.0966. The highest BCUT2D eigenvalue weighted by Crippen LogP contribution is 2.39. The van der Waals surface area contributed by atoms with Gasteiger partial charge in [-0.05, 0) is 12.1 Å². The molecule has 104 valence electrons. The fourth-order valence-corrected chi connectivity index (χ4v) is 3.21. The van der Waals surface area contributed by atoms with Crippen LogP contribution in [0.1, 0.15) is 11.4 Å². The maximum atomic E-state index is 6.23. The molecule has 5 heteroatoms. The molecule has 2 aliphatic heterocycles. The smallest absolute Gasteiger partial charge is 0.262 e. The van der Waals surface area contributed by atoms with E-state index in [0.717, 1.165) is 17.1 Å². The molecule has 1 saturated heterocycles. The van der Waals surface area contributed by atoms with E-state index < -0.39 is 5.79 Å². The number of hydrogen-bond donors (Lipinski definition) is 0. The quantitative estimate of drug-likeness (QED) is 0.749. The number of nitrogens with zero attached hydrogens (tertiary/aromatic N) is 2. The Morgan fingerprint density at radius 2 is 2.15 bits per heavy atom. The van der Waals surface area contributed by atoms with Crippen molar-refractivity contribution in [1.29, 1.82) is 0 Å². The molecular formula is C15H16ClN2O2+. The van der Waals surface area contributed by atoms with Crippen molar-refractivity contribution >= 4 is 11.6 Å². The summed E-state index contributed by atoms with van der Waals surface area (Å²) in [6.45, 7) is 1.47. The molecule has 0 saturated carbocycles. The summed E-state index contributed by atoms with van der Waals surface area (Å²) in [5.41, 5.74) is 1.03. The second-order valence-corrected chi connectivity index (χ2v) is 5.90. The molecule has 0 aliphatic carbocycles. The Morgan fingerprint density at radius 3 is 2.95 bits per heavy atom. The van der Waals surface area contributed by atoms with E-state index in [1.165, 1.54) is 5.82 Å². The standard InChI is InChI=1S/C15H16ClN2O2/c1-17-6-7-18-9-13-10-19-15(20-13,8-14(17)18)11-2-4-12(16)5-3-11/h2-7,13H,8-10H2,1H3/q+1/t13?,15-/m1/s1. The lowest BCUT2D eigenvalue weighted by molar-refractivity contribution is -0.680. The summed E-state index contributed by atoms with van der Waals surface area (Å²) >= 11 is 5.98. The van der Waals surface area contributed by atoms with E-state index in [9.17, 15) is 0 Å². The minimum atomic E-state index is -0.681. The van der Waals surface area contributed by atoms with Gasteiger partial charge >= 0.3 is 0 Å². The van der Waals surface area contributed by atoms with Crippen LogP contribution in [0.4, 0.5) is 0 Å². The molecule has 20 heavy (non-hydrogen) atoms. The molecule has 4 nitrogen and oxygen atoms in total. The van der Waals surface area contributed by atoms with Crippen molar-refractivity contribution in [2.45, 2.75) is 24.9 Å². The predicted octanol–water partition coefficient (Wildman–Crippen LogP) is 1.79. The molecule has 2 atom stereocenters. The molecule has 2 bridgehead atoms. The highest BCUT2D eigenvalue weighted by molar-refractivity contribution is 6.30. The topological polar surface area (TPSA) is 27.3 Å². The first-order chi connectivity index (χ1) is 9.66. The van der Waals surface area contributed by atoms with E-state index in [-0.39, 0.29) is 6.10 Å². The molecule has 0 radical (unpaired) electrons. The van der Waals surface area contributed by atoms with Crippen molar-refractivity contribution in [1.82, 2.24) is 4.57 Å². The molecule has 0 amide bonds. The maximum absolute atomic E-state index is 6.23. The Hall–Kier alpha value is -1.36. The van der Waals surface area contributed by atoms with Gasteiger partial charge in [-0.3, -0.25) is 0 Å². The first-order valence-electron chi connectivity index (χ1n) is 6.78. The molecular weight excluding hydrogens is 276 g/mol. The van der Waals surface area contributed by atoms with E-state index in [1.807, 2.05) is 24.3 Å². The third-order valence-corrected chi connectivity index (χ3v) is 4.40. The number of ether oxygens (including phenoxy) is 2. The molecule has 1 aromatic heterocycles. The number of hydrogen-bond acceptors (Lipinski definition) is 2. The largest absolute Gasteiger partial charge is 0.342 e. The number of rotatable bonds is 1. The second kappa shape index (κ2) is 4.32. The average Bonchev–Trinajstić information content (AvgIpc) is 2.92. The van der Waals surface area contributed by atoms with Gasteiger partial charge in [-0.2, -0.15) is 0 Å². The molecule has 3 heterocycles. The van der Waals surface area contributed by atoms with Crippen molar-refractivity contribution in [2.75, 3.05) is 6.61 Å². The van der Waals surface area contributed by atoms with Crippen LogP contribution in [-0.2, 0) is 35.3 Å². The van der Waals surface area contributed by atoms with Gasteiger partial charge in [-0.1, -0.05) is 23.7 Å². The molecule has 2 aromatic rings. The van der Waals surface area contributed by atoms with E-state index in [0.29, 0.717) is 13.0 Å². The van der Waals surface area contributed by atoms with Crippen LogP contribution in [0.2, 0.25) is 5.02 Å². The van der Waals surface area contributed by atoms with Crippen LogP contribution in [0.5, 0.6) is 0 Å². The normalized spacial score (nSPS) is 28.2. The van der Waals surface area contributed by atoms with Crippen molar-refractivity contribution in [3.05, 3.63) is 53.1 Å². The van der Waals surface area contributed by atoms with E-state index >= 15 is 0 Å². The van der Waals surface area contributed by atoms with E-state index in [1.54, 1.807) is 0 Å². The number of halogens is 1. The van der Waals surface area contributed by atoms with Crippen LogP contribution in [0.15, 0.2) is 36.7 Å². The van der Waals surface area contributed by atoms with Gasteiger partial charge in [0, 0.05) is 10.6 Å². The Kier molecular flexibility index (Phi) is 2.67. The van der Waals surface area contributed by atoms with Gasteiger partial charge in [-0.25, -0.2) is 9.13 Å². The zero-order valence-electron chi connectivity index (χ0n) is 11.3. The monoisotopic (exact) mass is 291 g/mol. The molecule has 1 fully saturated rings. The van der Waals surface area contributed by atoms with Crippen LogP contribution in [0, 0.1) is 0 Å².